The number of fused-ring (bicyclic) bond motifs is 1. The zero-order valence-corrected chi connectivity index (χ0v) is 18.9. The number of rotatable bonds is 5. The lowest BCUT2D eigenvalue weighted by Gasteiger charge is -2.33. The third-order valence-electron chi connectivity index (χ3n) is 5.52. The number of benzene rings is 2. The quantitative estimate of drug-likeness (QED) is 0.545. The Hall–Kier alpha value is -3.09. The number of hydrogen-bond donors (Lipinski definition) is 0. The maximum Gasteiger partial charge on any atom is 0.410 e. The van der Waals surface area contributed by atoms with E-state index in [4.69, 9.17) is 9.47 Å². The molecular weight excluding hydrogens is 409 g/mol. The van der Waals surface area contributed by atoms with Crippen molar-refractivity contribution < 1.29 is 18.7 Å². The van der Waals surface area contributed by atoms with Crippen LogP contribution in [0.25, 0.3) is 11.0 Å². The van der Waals surface area contributed by atoms with Crippen LogP contribution in [0.2, 0.25) is 0 Å². The summed E-state index contributed by atoms with van der Waals surface area (Å²) in [7, 11) is 0. The summed E-state index contributed by atoms with van der Waals surface area (Å²) in [6.07, 6.45) is 1.58. The number of likely N-dealkylation sites (tertiary alicyclic amines) is 1. The van der Waals surface area contributed by atoms with Gasteiger partial charge in [-0.15, -0.1) is 0 Å². The van der Waals surface area contributed by atoms with Crippen LogP contribution in [0.5, 0.6) is 6.01 Å². The fourth-order valence-corrected chi connectivity index (χ4v) is 4.00. The number of hydrogen-bond acceptors (Lipinski definition) is 4. The van der Waals surface area contributed by atoms with Crippen molar-refractivity contribution in [2.75, 3.05) is 19.7 Å². The van der Waals surface area contributed by atoms with Gasteiger partial charge in [-0.2, -0.15) is 4.98 Å². The number of imidazole rings is 1. The van der Waals surface area contributed by atoms with Crippen LogP contribution in [-0.2, 0) is 11.3 Å². The lowest BCUT2D eigenvalue weighted by molar-refractivity contribution is 0.0136. The number of carbonyl (C=O) groups excluding carboxylic acids is 1. The summed E-state index contributed by atoms with van der Waals surface area (Å²) in [5, 5.41) is 0. The van der Waals surface area contributed by atoms with Gasteiger partial charge >= 0.3 is 6.09 Å². The summed E-state index contributed by atoms with van der Waals surface area (Å²) >= 11 is 0. The molecule has 1 fully saturated rings. The summed E-state index contributed by atoms with van der Waals surface area (Å²) in [4.78, 5) is 18.8. The minimum atomic E-state index is -0.516. The third kappa shape index (κ3) is 5.21. The highest BCUT2D eigenvalue weighted by molar-refractivity contribution is 5.76. The summed E-state index contributed by atoms with van der Waals surface area (Å²) < 4.78 is 27.9. The number of halogens is 1. The molecule has 1 aliphatic rings. The molecule has 170 valence electrons. The average molecular weight is 440 g/mol. The maximum atomic E-state index is 14.3. The van der Waals surface area contributed by atoms with Crippen LogP contribution in [-0.4, -0.2) is 45.8 Å². The minimum Gasteiger partial charge on any atom is -0.464 e. The van der Waals surface area contributed by atoms with Gasteiger partial charge in [-0.25, -0.2) is 9.18 Å². The van der Waals surface area contributed by atoms with Crippen LogP contribution in [0, 0.1) is 11.7 Å². The second-order valence-corrected chi connectivity index (χ2v) is 9.31. The van der Waals surface area contributed by atoms with Gasteiger partial charge in [-0.3, -0.25) is 4.57 Å². The first-order valence-corrected chi connectivity index (χ1v) is 11.1. The molecule has 4 rings (SSSR count). The third-order valence-corrected chi connectivity index (χ3v) is 5.52. The zero-order valence-electron chi connectivity index (χ0n) is 18.9. The molecule has 32 heavy (non-hydrogen) atoms. The molecule has 6 nitrogen and oxygen atoms in total. The van der Waals surface area contributed by atoms with Gasteiger partial charge < -0.3 is 14.4 Å². The summed E-state index contributed by atoms with van der Waals surface area (Å²) in [5.41, 5.74) is 1.76. The van der Waals surface area contributed by atoms with Crippen molar-refractivity contribution in [1.29, 1.82) is 0 Å². The Bertz CT molecular complexity index is 1090. The van der Waals surface area contributed by atoms with Crippen LogP contribution in [0.15, 0.2) is 48.5 Å². The number of para-hydroxylation sites is 2. The monoisotopic (exact) mass is 439 g/mol. The molecule has 1 amide bonds. The zero-order chi connectivity index (χ0) is 22.7. The molecule has 2 heterocycles. The molecule has 1 saturated heterocycles. The van der Waals surface area contributed by atoms with Gasteiger partial charge in [0.25, 0.3) is 6.01 Å². The number of carbonyl (C=O) groups is 1. The first kappa shape index (κ1) is 22.1. The van der Waals surface area contributed by atoms with Crippen LogP contribution in [0.3, 0.4) is 0 Å². The highest BCUT2D eigenvalue weighted by atomic mass is 19.1. The Kier molecular flexibility index (Phi) is 6.35. The predicted octanol–water partition coefficient (Wildman–Crippen LogP) is 5.25. The lowest BCUT2D eigenvalue weighted by Crippen LogP contribution is -2.44. The SMILES string of the molecule is CC(C)(C)OC(=O)N1CCCC(COc2nc3ccccc3n2Cc2ccccc2F)C1. The average Bonchev–Trinajstić information content (AvgIpc) is 3.10. The van der Waals surface area contributed by atoms with E-state index in [1.807, 2.05) is 55.7 Å². The molecule has 3 aromatic rings. The van der Waals surface area contributed by atoms with Gasteiger partial charge in [-0.05, 0) is 51.8 Å². The molecule has 0 radical (unpaired) electrons. The fraction of sp³-hybridized carbons (Fsp3) is 0.440. The van der Waals surface area contributed by atoms with E-state index >= 15 is 0 Å². The Morgan fingerprint density at radius 2 is 1.91 bits per heavy atom. The summed E-state index contributed by atoms with van der Waals surface area (Å²) in [5.74, 6) is -0.0745. The van der Waals surface area contributed by atoms with Crippen molar-refractivity contribution in [3.63, 3.8) is 0 Å². The molecule has 0 N–H and O–H groups in total. The number of aromatic nitrogens is 2. The Labute approximate surface area is 187 Å². The Morgan fingerprint density at radius 3 is 2.69 bits per heavy atom. The second-order valence-electron chi connectivity index (χ2n) is 9.31. The molecular formula is C25H30FN3O3. The van der Waals surface area contributed by atoms with Crippen molar-refractivity contribution in [2.45, 2.75) is 45.8 Å². The number of amides is 1. The Balaban J connectivity index is 1.48. The van der Waals surface area contributed by atoms with E-state index < -0.39 is 5.60 Å². The molecule has 1 unspecified atom stereocenters. The van der Waals surface area contributed by atoms with Gasteiger partial charge in [0.2, 0.25) is 0 Å². The predicted molar refractivity (Wildman–Crippen MR) is 121 cm³/mol. The first-order valence-electron chi connectivity index (χ1n) is 11.1. The van der Waals surface area contributed by atoms with E-state index in [9.17, 15) is 9.18 Å². The molecule has 0 spiro atoms. The van der Waals surface area contributed by atoms with Gasteiger partial charge in [0.1, 0.15) is 11.4 Å². The molecule has 1 aromatic heterocycles. The first-order chi connectivity index (χ1) is 15.3. The topological polar surface area (TPSA) is 56.6 Å². The van der Waals surface area contributed by atoms with Gasteiger partial charge in [0.05, 0.1) is 24.2 Å². The molecule has 7 heteroatoms. The molecule has 2 aromatic carbocycles. The van der Waals surface area contributed by atoms with Crippen molar-refractivity contribution in [3.05, 3.63) is 59.9 Å². The normalized spacial score (nSPS) is 16.9. The number of nitrogens with zero attached hydrogens (tertiary/aromatic N) is 3. The van der Waals surface area contributed by atoms with Crippen molar-refractivity contribution in [1.82, 2.24) is 14.5 Å². The maximum absolute atomic E-state index is 14.3. The van der Waals surface area contributed by atoms with Crippen LogP contribution in [0.1, 0.15) is 39.2 Å². The van der Waals surface area contributed by atoms with Crippen LogP contribution >= 0.6 is 0 Å². The smallest absolute Gasteiger partial charge is 0.410 e. The Morgan fingerprint density at radius 1 is 1.16 bits per heavy atom. The highest BCUT2D eigenvalue weighted by Crippen LogP contribution is 2.26. The van der Waals surface area contributed by atoms with E-state index in [2.05, 4.69) is 4.98 Å². The van der Waals surface area contributed by atoms with Crippen LogP contribution in [0.4, 0.5) is 9.18 Å². The van der Waals surface area contributed by atoms with Gasteiger partial charge in [-0.1, -0.05) is 30.3 Å². The number of piperidine rings is 1. The van der Waals surface area contributed by atoms with Crippen LogP contribution < -0.4 is 4.74 Å². The highest BCUT2D eigenvalue weighted by Gasteiger charge is 2.28. The number of ether oxygens (including phenoxy) is 2. The van der Waals surface area contributed by atoms with Crippen molar-refractivity contribution in [2.24, 2.45) is 5.92 Å². The second kappa shape index (κ2) is 9.18. The summed E-state index contributed by atoms with van der Waals surface area (Å²) in [6.45, 7) is 7.65. The van der Waals surface area contributed by atoms with Crippen molar-refractivity contribution in [3.8, 4) is 6.01 Å². The van der Waals surface area contributed by atoms with Crippen molar-refractivity contribution >= 4 is 17.1 Å². The van der Waals surface area contributed by atoms with E-state index in [0.717, 1.165) is 23.9 Å². The minimum absolute atomic E-state index is 0.179. The van der Waals surface area contributed by atoms with E-state index in [-0.39, 0.29) is 17.8 Å². The van der Waals surface area contributed by atoms with E-state index in [1.54, 1.807) is 17.0 Å². The van der Waals surface area contributed by atoms with Gasteiger partial charge in [0.15, 0.2) is 0 Å². The fourth-order valence-electron chi connectivity index (χ4n) is 4.00. The molecule has 1 aliphatic heterocycles. The lowest BCUT2D eigenvalue weighted by atomic mass is 9.99. The molecule has 0 saturated carbocycles. The molecule has 1 atom stereocenters. The molecule has 0 bridgehead atoms. The van der Waals surface area contributed by atoms with Gasteiger partial charge in [0, 0.05) is 24.6 Å². The largest absolute Gasteiger partial charge is 0.464 e. The van der Waals surface area contributed by atoms with E-state index in [0.29, 0.717) is 37.8 Å². The van der Waals surface area contributed by atoms with E-state index in [1.165, 1.54) is 6.07 Å². The summed E-state index contributed by atoms with van der Waals surface area (Å²) in [6, 6.07) is 14.9. The standard InChI is InChI=1S/C25H30FN3O3/c1-25(2,3)32-24(30)28-14-8-9-18(15-28)17-31-23-27-21-12-6-7-13-22(21)29(23)16-19-10-4-5-11-20(19)26/h4-7,10-13,18H,8-9,14-17H2,1-3H3. The molecule has 0 aliphatic carbocycles.